The quantitative estimate of drug-likeness (QED) is 0.826. The molecule has 1 aromatic carbocycles. The van der Waals surface area contributed by atoms with E-state index >= 15 is 0 Å². The van der Waals surface area contributed by atoms with Crippen molar-refractivity contribution in [3.8, 4) is 0 Å². The van der Waals surface area contributed by atoms with Crippen molar-refractivity contribution < 1.29 is 14.3 Å². The van der Waals surface area contributed by atoms with Crippen LogP contribution in [0.2, 0.25) is 0 Å². The summed E-state index contributed by atoms with van der Waals surface area (Å²) in [6.07, 6.45) is 1.11. The maximum atomic E-state index is 12.3. The van der Waals surface area contributed by atoms with Crippen LogP contribution >= 0.6 is 0 Å². The average Bonchev–Trinajstić information content (AvgIpc) is 3.10. The SMILES string of the molecule is NC1C2CCOC2C1NC(=O)c1ccc2c(c1)COC2. The van der Waals surface area contributed by atoms with Gasteiger partial charge in [0.05, 0.1) is 25.4 Å². The first-order valence-electron chi connectivity index (χ1n) is 7.11. The van der Waals surface area contributed by atoms with Crippen molar-refractivity contribution >= 4 is 5.91 Å². The predicted molar refractivity (Wildman–Crippen MR) is 72.0 cm³/mol. The maximum absolute atomic E-state index is 12.3. The van der Waals surface area contributed by atoms with Crippen molar-refractivity contribution in [2.45, 2.75) is 37.8 Å². The zero-order valence-corrected chi connectivity index (χ0v) is 11.2. The molecule has 2 heterocycles. The van der Waals surface area contributed by atoms with Crippen molar-refractivity contribution in [2.24, 2.45) is 11.7 Å². The van der Waals surface area contributed by atoms with Crippen LogP contribution in [0.1, 0.15) is 27.9 Å². The molecular formula is C15H18N2O3. The van der Waals surface area contributed by atoms with Gasteiger partial charge in [-0.05, 0) is 29.7 Å². The molecule has 4 unspecified atom stereocenters. The largest absolute Gasteiger partial charge is 0.376 e. The van der Waals surface area contributed by atoms with E-state index < -0.39 is 0 Å². The summed E-state index contributed by atoms with van der Waals surface area (Å²) in [6, 6.07) is 5.69. The summed E-state index contributed by atoms with van der Waals surface area (Å²) in [5.41, 5.74) is 9.05. The highest BCUT2D eigenvalue weighted by atomic mass is 16.5. The minimum Gasteiger partial charge on any atom is -0.376 e. The predicted octanol–water partition coefficient (Wildman–Crippen LogP) is 0.561. The van der Waals surface area contributed by atoms with Crippen molar-refractivity contribution in [3.63, 3.8) is 0 Å². The topological polar surface area (TPSA) is 73.6 Å². The van der Waals surface area contributed by atoms with Gasteiger partial charge < -0.3 is 20.5 Å². The number of benzene rings is 1. The second-order valence-corrected chi connectivity index (χ2v) is 5.84. The van der Waals surface area contributed by atoms with Crippen molar-refractivity contribution in [3.05, 3.63) is 34.9 Å². The van der Waals surface area contributed by atoms with Gasteiger partial charge in [0, 0.05) is 24.1 Å². The van der Waals surface area contributed by atoms with Gasteiger partial charge in [-0.25, -0.2) is 0 Å². The summed E-state index contributed by atoms with van der Waals surface area (Å²) in [4.78, 5) is 12.3. The molecule has 3 aliphatic rings. The Bertz CT molecular complexity index is 560. The summed E-state index contributed by atoms with van der Waals surface area (Å²) in [6.45, 7) is 1.99. The van der Waals surface area contributed by atoms with Crippen molar-refractivity contribution in [2.75, 3.05) is 6.61 Å². The molecule has 5 nitrogen and oxygen atoms in total. The van der Waals surface area contributed by atoms with Gasteiger partial charge in [-0.3, -0.25) is 4.79 Å². The number of hydrogen-bond donors (Lipinski definition) is 2. The Morgan fingerprint density at radius 2 is 2.15 bits per heavy atom. The fourth-order valence-corrected chi connectivity index (χ4v) is 3.48. The highest BCUT2D eigenvalue weighted by Crippen LogP contribution is 2.37. The van der Waals surface area contributed by atoms with Gasteiger partial charge in [0.25, 0.3) is 5.91 Å². The monoisotopic (exact) mass is 274 g/mol. The number of nitrogens with two attached hydrogens (primary N) is 1. The Morgan fingerprint density at radius 1 is 1.30 bits per heavy atom. The molecule has 1 saturated carbocycles. The molecule has 1 saturated heterocycles. The first-order chi connectivity index (χ1) is 9.74. The Morgan fingerprint density at radius 3 is 3.05 bits per heavy atom. The zero-order chi connectivity index (χ0) is 13.7. The van der Waals surface area contributed by atoms with Crippen LogP contribution in [0.5, 0.6) is 0 Å². The smallest absolute Gasteiger partial charge is 0.251 e. The number of fused-ring (bicyclic) bond motifs is 2. The second-order valence-electron chi connectivity index (χ2n) is 5.84. The van der Waals surface area contributed by atoms with Gasteiger partial charge in [-0.2, -0.15) is 0 Å². The van der Waals surface area contributed by atoms with Crippen LogP contribution in [0.3, 0.4) is 0 Å². The third kappa shape index (κ3) is 1.78. The van der Waals surface area contributed by atoms with Gasteiger partial charge in [0.2, 0.25) is 0 Å². The lowest BCUT2D eigenvalue weighted by molar-refractivity contribution is -0.0161. The molecule has 3 N–H and O–H groups in total. The number of nitrogens with one attached hydrogen (secondary N) is 1. The number of carbonyl (C=O) groups excluding carboxylic acids is 1. The standard InChI is InChI=1S/C15H18N2O3/c16-12-11-3-4-20-14(11)13(12)17-15(18)8-1-2-9-6-19-7-10(9)5-8/h1-2,5,11-14H,3-4,6-7,16H2,(H,17,18). The van der Waals surface area contributed by atoms with E-state index in [-0.39, 0.29) is 24.1 Å². The number of hydrogen-bond acceptors (Lipinski definition) is 4. The molecule has 1 amide bonds. The number of ether oxygens (including phenoxy) is 2. The fraction of sp³-hybridized carbons (Fsp3) is 0.533. The van der Waals surface area contributed by atoms with Gasteiger partial charge in [-0.1, -0.05) is 6.07 Å². The molecule has 0 bridgehead atoms. The van der Waals surface area contributed by atoms with E-state index in [9.17, 15) is 4.79 Å². The van der Waals surface area contributed by atoms with Gasteiger partial charge in [0.15, 0.2) is 0 Å². The Labute approximate surface area is 117 Å². The van der Waals surface area contributed by atoms with Crippen LogP contribution in [-0.2, 0) is 22.7 Å². The molecule has 0 spiro atoms. The molecule has 0 aromatic heterocycles. The minimum absolute atomic E-state index is 0.0178. The number of amides is 1. The Balaban J connectivity index is 1.48. The van der Waals surface area contributed by atoms with Crippen LogP contribution in [0.25, 0.3) is 0 Å². The first-order valence-corrected chi connectivity index (χ1v) is 7.11. The van der Waals surface area contributed by atoms with E-state index in [0.717, 1.165) is 18.6 Å². The van der Waals surface area contributed by atoms with E-state index in [0.29, 0.717) is 24.7 Å². The number of rotatable bonds is 2. The number of carbonyl (C=O) groups is 1. The lowest BCUT2D eigenvalue weighted by Gasteiger charge is -2.45. The van der Waals surface area contributed by atoms with Crippen LogP contribution < -0.4 is 11.1 Å². The molecule has 1 aromatic rings. The van der Waals surface area contributed by atoms with E-state index in [1.165, 1.54) is 5.56 Å². The molecule has 0 radical (unpaired) electrons. The van der Waals surface area contributed by atoms with E-state index in [1.54, 1.807) is 0 Å². The third-order valence-corrected chi connectivity index (χ3v) is 4.73. The molecule has 4 atom stereocenters. The molecule has 2 fully saturated rings. The Kier molecular flexibility index (Phi) is 2.80. The normalized spacial score (nSPS) is 34.2. The zero-order valence-electron chi connectivity index (χ0n) is 11.2. The fourth-order valence-electron chi connectivity index (χ4n) is 3.48. The first kappa shape index (κ1) is 12.3. The third-order valence-electron chi connectivity index (χ3n) is 4.73. The highest BCUT2D eigenvalue weighted by Gasteiger charge is 2.52. The molecule has 4 rings (SSSR count). The van der Waals surface area contributed by atoms with E-state index in [1.807, 2.05) is 18.2 Å². The summed E-state index contributed by atoms with van der Waals surface area (Å²) in [5.74, 6) is 0.336. The molecular weight excluding hydrogens is 256 g/mol. The Hall–Kier alpha value is -1.43. The summed E-state index contributed by atoms with van der Waals surface area (Å²) < 4.78 is 11.0. The summed E-state index contributed by atoms with van der Waals surface area (Å²) in [5, 5.41) is 3.02. The second kappa shape index (κ2) is 4.55. The summed E-state index contributed by atoms with van der Waals surface area (Å²) in [7, 11) is 0. The highest BCUT2D eigenvalue weighted by molar-refractivity contribution is 5.94. The van der Waals surface area contributed by atoms with Crippen LogP contribution in [0.4, 0.5) is 0 Å². The van der Waals surface area contributed by atoms with Gasteiger partial charge in [-0.15, -0.1) is 0 Å². The minimum atomic E-state index is -0.0749. The van der Waals surface area contributed by atoms with E-state index in [4.69, 9.17) is 15.2 Å². The van der Waals surface area contributed by atoms with Crippen molar-refractivity contribution in [1.29, 1.82) is 0 Å². The lowest BCUT2D eigenvalue weighted by atomic mass is 9.72. The molecule has 106 valence electrons. The molecule has 20 heavy (non-hydrogen) atoms. The average molecular weight is 274 g/mol. The van der Waals surface area contributed by atoms with Crippen LogP contribution in [0.15, 0.2) is 18.2 Å². The summed E-state index contributed by atoms with van der Waals surface area (Å²) >= 11 is 0. The molecule has 5 heteroatoms. The maximum Gasteiger partial charge on any atom is 0.251 e. The van der Waals surface area contributed by atoms with Crippen molar-refractivity contribution in [1.82, 2.24) is 5.32 Å². The lowest BCUT2D eigenvalue weighted by Crippen LogP contribution is -2.68. The van der Waals surface area contributed by atoms with E-state index in [2.05, 4.69) is 5.32 Å². The van der Waals surface area contributed by atoms with Crippen LogP contribution in [-0.4, -0.2) is 30.7 Å². The molecule has 1 aliphatic carbocycles. The van der Waals surface area contributed by atoms with Crippen LogP contribution in [0, 0.1) is 5.92 Å². The molecule has 2 aliphatic heterocycles. The van der Waals surface area contributed by atoms with Gasteiger partial charge >= 0.3 is 0 Å². The van der Waals surface area contributed by atoms with Gasteiger partial charge in [0.1, 0.15) is 0 Å².